The van der Waals surface area contributed by atoms with E-state index in [0.717, 1.165) is 22.3 Å². The molecule has 0 aromatic heterocycles. The molecular formula is C70H48Cl12N4O6. The summed E-state index contributed by atoms with van der Waals surface area (Å²) in [5.41, 5.74) is 0.816. The van der Waals surface area contributed by atoms with Gasteiger partial charge in [0.25, 0.3) is 0 Å². The van der Waals surface area contributed by atoms with E-state index in [1.165, 1.54) is 0 Å². The van der Waals surface area contributed by atoms with E-state index in [0.29, 0.717) is 157 Å². The van der Waals surface area contributed by atoms with Gasteiger partial charge in [-0.05, 0) is 171 Å². The minimum absolute atomic E-state index is 0.304. The van der Waals surface area contributed by atoms with Crippen molar-refractivity contribution in [1.82, 2.24) is 0 Å². The van der Waals surface area contributed by atoms with Gasteiger partial charge in [0.05, 0.1) is 63.9 Å². The van der Waals surface area contributed by atoms with E-state index in [9.17, 15) is 0 Å². The standard InChI is InChI=1S/2C35H24Cl6N2O3/c2*36-21-13-9-19(10-14-21)29-31(27-23(38)5-3-6-24(27)39)42-45-34(29)17-1-2-18-35(33(34)44)30(20-11-15-22(37)16-12-20)32(43-46-35)28-25(40)7-4-8-26(28)41/h2*3-16,29-30H,1-2,17-18H2/t2*29-,30+,34-,35+. The molecule has 6 aliphatic rings. The number of carbonyl (C=O) groups is 2. The fourth-order valence-corrected chi connectivity index (χ4v) is 16.9. The van der Waals surface area contributed by atoms with Crippen LogP contribution < -0.4 is 0 Å². The predicted octanol–water partition coefficient (Wildman–Crippen LogP) is 21.9. The molecule has 92 heavy (non-hydrogen) atoms. The van der Waals surface area contributed by atoms with Crippen molar-refractivity contribution in [2.45, 2.75) is 97.4 Å². The molecule has 0 N–H and O–H groups in total. The van der Waals surface area contributed by atoms with Gasteiger partial charge in [-0.15, -0.1) is 0 Å². The topological polar surface area (TPSA) is 120 Å². The average molecular weight is 1470 g/mol. The Morgan fingerprint density at radius 1 is 0.272 bits per heavy atom. The highest BCUT2D eigenvalue weighted by Crippen LogP contribution is 2.58. The van der Waals surface area contributed by atoms with Crippen molar-refractivity contribution in [1.29, 1.82) is 0 Å². The molecule has 0 amide bonds. The third-order valence-corrected chi connectivity index (χ3v) is 21.6. The molecule has 8 aromatic rings. The summed E-state index contributed by atoms with van der Waals surface area (Å²) in [5.74, 6) is -3.42. The van der Waals surface area contributed by atoms with E-state index in [1.54, 1.807) is 121 Å². The number of hydrogen-bond donors (Lipinski definition) is 0. The Morgan fingerprint density at radius 3 is 0.620 bits per heavy atom. The summed E-state index contributed by atoms with van der Waals surface area (Å²) in [6, 6.07) is 50.0. The molecule has 2 saturated carbocycles. The Hall–Kier alpha value is -5.54. The van der Waals surface area contributed by atoms with Crippen molar-refractivity contribution in [3.8, 4) is 0 Å². The average Bonchev–Trinajstić information content (AvgIpc) is 1.53. The quantitative estimate of drug-likeness (QED) is 0.149. The highest BCUT2D eigenvalue weighted by molar-refractivity contribution is 6.44. The van der Waals surface area contributed by atoms with Gasteiger partial charge in [-0.1, -0.05) is 233 Å². The molecule has 22 heteroatoms. The Bertz CT molecular complexity index is 3750. The van der Waals surface area contributed by atoms with Crippen molar-refractivity contribution in [3.05, 3.63) is 275 Å². The van der Waals surface area contributed by atoms with Gasteiger partial charge in [0.15, 0.2) is 0 Å². The maximum absolute atomic E-state index is 15.6. The minimum Gasteiger partial charge on any atom is -0.380 e. The zero-order valence-corrected chi connectivity index (χ0v) is 57.0. The van der Waals surface area contributed by atoms with Crippen molar-refractivity contribution in [2.24, 2.45) is 20.6 Å². The van der Waals surface area contributed by atoms with Crippen molar-refractivity contribution < 1.29 is 28.9 Å². The van der Waals surface area contributed by atoms with Crippen LogP contribution in [0, 0.1) is 0 Å². The number of hydrogen-bond acceptors (Lipinski definition) is 10. The number of rotatable bonds is 8. The SMILES string of the molecule is O=C1[C@]2(CCCC[C@@]13ON=C(c1c(Cl)cccc1Cl)[C@@H]3c1ccc(Cl)cc1)ON=C(c1c(Cl)cccc1Cl)[C@H]2c1ccc(Cl)cc1.O=C1[C@]2(CCCC[C@@]13ON=C(c1c(Cl)cccc1Cl)[C@@H]3c1ccc(Cl)cc1)ON=C(c1c(Cl)cccc1Cl)[C@H]2c1ccc(Cl)cc1. The maximum Gasteiger partial charge on any atom is 0.227 e. The second kappa shape index (κ2) is 26.2. The molecule has 0 bridgehead atoms. The van der Waals surface area contributed by atoms with Crippen LogP contribution in [0.25, 0.3) is 0 Å². The van der Waals surface area contributed by atoms with Gasteiger partial charge in [0.2, 0.25) is 34.0 Å². The van der Waals surface area contributed by atoms with Crippen LogP contribution in [-0.4, -0.2) is 56.8 Å². The lowest BCUT2D eigenvalue weighted by Gasteiger charge is -2.39. The van der Waals surface area contributed by atoms with Crippen molar-refractivity contribution in [3.63, 3.8) is 0 Å². The molecule has 0 saturated heterocycles. The van der Waals surface area contributed by atoms with E-state index in [1.807, 2.05) is 48.5 Å². The first-order valence-corrected chi connectivity index (χ1v) is 33.8. The molecule has 14 rings (SSSR count). The summed E-state index contributed by atoms with van der Waals surface area (Å²) in [4.78, 5) is 56.9. The molecule has 8 aromatic carbocycles. The van der Waals surface area contributed by atoms with Gasteiger partial charge in [0, 0.05) is 42.3 Å². The first-order valence-electron chi connectivity index (χ1n) is 29.3. The number of carbonyl (C=O) groups excluding carboxylic acids is 2. The van der Waals surface area contributed by atoms with Crippen LogP contribution in [0.15, 0.2) is 190 Å². The summed E-state index contributed by atoms with van der Waals surface area (Å²) in [5, 5.41) is 23.6. The lowest BCUT2D eigenvalue weighted by molar-refractivity contribution is -0.167. The molecule has 4 spiro atoms. The third kappa shape index (κ3) is 11.3. The molecule has 0 radical (unpaired) electrons. The van der Waals surface area contributed by atoms with Gasteiger partial charge in [-0.3, -0.25) is 9.59 Å². The summed E-state index contributed by atoms with van der Waals surface area (Å²) in [6.45, 7) is 0. The van der Waals surface area contributed by atoms with Gasteiger partial charge < -0.3 is 19.4 Å². The predicted molar refractivity (Wildman–Crippen MR) is 371 cm³/mol. The largest absolute Gasteiger partial charge is 0.380 e. The molecule has 468 valence electrons. The van der Waals surface area contributed by atoms with Crippen LogP contribution >= 0.6 is 139 Å². The highest BCUT2D eigenvalue weighted by Gasteiger charge is 2.70. The number of ketones is 2. The van der Waals surface area contributed by atoms with Gasteiger partial charge in [-0.2, -0.15) is 0 Å². The summed E-state index contributed by atoms with van der Waals surface area (Å²) >= 11 is 79.1. The minimum atomic E-state index is -1.50. The molecule has 8 atom stereocenters. The van der Waals surface area contributed by atoms with E-state index < -0.39 is 46.1 Å². The normalized spacial score (nSPS) is 25.7. The molecule has 0 unspecified atom stereocenters. The second-order valence-electron chi connectivity index (χ2n) is 23.2. The van der Waals surface area contributed by atoms with E-state index in [2.05, 4.69) is 20.6 Å². The van der Waals surface area contributed by atoms with Crippen LogP contribution in [-0.2, 0) is 28.9 Å². The first-order chi connectivity index (χ1) is 44.3. The number of benzene rings is 8. The second-order valence-corrected chi connectivity index (χ2v) is 28.2. The van der Waals surface area contributed by atoms with Crippen LogP contribution in [0.2, 0.25) is 60.3 Å². The number of Topliss-reactive ketones (excluding diaryl/α,β-unsaturated/α-hetero) is 2. The zero-order valence-electron chi connectivity index (χ0n) is 47.9. The fraction of sp³-hybridized carbons (Fsp3) is 0.229. The molecule has 2 fully saturated rings. The van der Waals surface area contributed by atoms with E-state index >= 15 is 9.59 Å². The van der Waals surface area contributed by atoms with Gasteiger partial charge >= 0.3 is 0 Å². The third-order valence-electron chi connectivity index (χ3n) is 18.1. The van der Waals surface area contributed by atoms with Crippen LogP contribution in [0.4, 0.5) is 0 Å². The van der Waals surface area contributed by atoms with Crippen LogP contribution in [0.3, 0.4) is 0 Å². The Kier molecular flexibility index (Phi) is 18.6. The van der Waals surface area contributed by atoms with Crippen molar-refractivity contribution in [2.75, 3.05) is 0 Å². The molecule has 10 nitrogen and oxygen atoms in total. The summed E-state index contributed by atoms with van der Waals surface area (Å²) < 4.78 is 0. The Labute approximate surface area is 590 Å². The van der Waals surface area contributed by atoms with Gasteiger partial charge in [-0.25, -0.2) is 0 Å². The molecule has 4 aliphatic heterocycles. The maximum atomic E-state index is 15.6. The molecule has 2 aliphatic carbocycles. The monoisotopic (exact) mass is 1460 g/mol. The summed E-state index contributed by atoms with van der Waals surface area (Å²) in [7, 11) is 0. The zero-order chi connectivity index (χ0) is 64.4. The molecule has 4 heterocycles. The molecular weight excluding hydrogens is 1420 g/mol. The van der Waals surface area contributed by atoms with E-state index in [-0.39, 0.29) is 11.6 Å². The lowest BCUT2D eigenvalue weighted by atomic mass is 9.65. The highest BCUT2D eigenvalue weighted by atomic mass is 35.5. The Morgan fingerprint density at radius 2 is 0.446 bits per heavy atom. The number of halogens is 12. The Balaban J connectivity index is 0.000000168. The van der Waals surface area contributed by atoms with Crippen molar-refractivity contribution >= 4 is 174 Å². The van der Waals surface area contributed by atoms with E-state index in [4.69, 9.17) is 159 Å². The number of oxime groups is 4. The smallest absolute Gasteiger partial charge is 0.227 e. The first kappa shape index (κ1) is 65.1. The lowest BCUT2D eigenvalue weighted by Crippen LogP contribution is -2.57. The fourth-order valence-electron chi connectivity index (χ4n) is 14.1. The number of nitrogens with zero attached hydrogens (tertiary/aromatic N) is 4. The summed E-state index contributed by atoms with van der Waals surface area (Å²) in [6.07, 6.45) is 4.02. The van der Waals surface area contributed by atoms with Crippen LogP contribution in [0.5, 0.6) is 0 Å². The van der Waals surface area contributed by atoms with Crippen LogP contribution in [0.1, 0.15) is 120 Å². The van der Waals surface area contributed by atoms with Gasteiger partial charge in [0.1, 0.15) is 22.8 Å².